The smallest absolute Gasteiger partial charge is 0.244 e. The van der Waals surface area contributed by atoms with Crippen LogP contribution in [0.25, 0.3) is 0 Å². The summed E-state index contributed by atoms with van der Waals surface area (Å²) in [5, 5.41) is 5.50. The highest BCUT2D eigenvalue weighted by atomic mass is 16.5. The second kappa shape index (κ2) is 6.44. The van der Waals surface area contributed by atoms with E-state index >= 15 is 0 Å². The normalized spacial score (nSPS) is 20.6. The highest BCUT2D eigenvalue weighted by molar-refractivity contribution is 5.88. The van der Waals surface area contributed by atoms with E-state index in [-0.39, 0.29) is 25.0 Å². The van der Waals surface area contributed by atoms with E-state index < -0.39 is 6.04 Å². The van der Waals surface area contributed by atoms with Gasteiger partial charge in [-0.15, -0.1) is 0 Å². The topological polar surface area (TPSA) is 70.7 Å². The molecule has 0 aromatic carbocycles. The van der Waals surface area contributed by atoms with E-state index in [1.165, 1.54) is 0 Å². The number of hydrogen-bond donors (Lipinski definition) is 2. The summed E-state index contributed by atoms with van der Waals surface area (Å²) in [7, 11) is 1.56. The summed E-state index contributed by atoms with van der Waals surface area (Å²) >= 11 is 0. The van der Waals surface area contributed by atoms with Gasteiger partial charge in [-0.25, -0.2) is 0 Å². The second-order valence-electron chi connectivity index (χ2n) is 3.57. The largest absolute Gasteiger partial charge is 0.377 e. The monoisotopic (exact) mass is 229 g/mol. The molecule has 6 nitrogen and oxygen atoms in total. The molecule has 6 heteroatoms. The van der Waals surface area contributed by atoms with E-state index in [0.717, 1.165) is 6.54 Å². The van der Waals surface area contributed by atoms with Gasteiger partial charge in [0.1, 0.15) is 6.04 Å². The number of nitrogens with zero attached hydrogens (tertiary/aromatic N) is 1. The van der Waals surface area contributed by atoms with Gasteiger partial charge in [-0.1, -0.05) is 6.92 Å². The fraction of sp³-hybridized carbons (Fsp3) is 0.800. The van der Waals surface area contributed by atoms with Gasteiger partial charge in [-0.3, -0.25) is 9.59 Å². The lowest BCUT2D eigenvalue weighted by Gasteiger charge is -2.34. The van der Waals surface area contributed by atoms with E-state index in [0.29, 0.717) is 13.2 Å². The maximum atomic E-state index is 11.8. The van der Waals surface area contributed by atoms with Crippen LogP contribution in [-0.4, -0.2) is 62.7 Å². The average molecular weight is 229 g/mol. The van der Waals surface area contributed by atoms with Gasteiger partial charge in [0.15, 0.2) is 0 Å². The number of carbonyl (C=O) groups excluding carboxylic acids is 2. The molecule has 2 N–H and O–H groups in total. The Morgan fingerprint density at radius 1 is 1.50 bits per heavy atom. The van der Waals surface area contributed by atoms with Crippen LogP contribution >= 0.6 is 0 Å². The van der Waals surface area contributed by atoms with Crippen molar-refractivity contribution in [2.24, 2.45) is 0 Å². The molecule has 1 aliphatic rings. The highest BCUT2D eigenvalue weighted by Crippen LogP contribution is 2.07. The van der Waals surface area contributed by atoms with Crippen LogP contribution < -0.4 is 10.6 Å². The summed E-state index contributed by atoms with van der Waals surface area (Å²) in [4.78, 5) is 24.9. The van der Waals surface area contributed by atoms with Gasteiger partial charge < -0.3 is 20.3 Å². The number of ether oxygens (including phenoxy) is 1. The summed E-state index contributed by atoms with van der Waals surface area (Å²) in [6, 6.07) is -0.495. The Morgan fingerprint density at radius 2 is 2.25 bits per heavy atom. The van der Waals surface area contributed by atoms with Crippen molar-refractivity contribution in [3.63, 3.8) is 0 Å². The molecule has 1 saturated heterocycles. The fourth-order valence-electron chi connectivity index (χ4n) is 1.62. The summed E-state index contributed by atoms with van der Waals surface area (Å²) in [6.07, 6.45) is 0. The number of carbonyl (C=O) groups is 2. The van der Waals surface area contributed by atoms with Gasteiger partial charge in [-0.05, 0) is 6.54 Å². The molecule has 0 radical (unpaired) electrons. The Bertz CT molecular complexity index is 258. The standard InChI is InChI=1S/C10H19N3O3/c1-3-12-6-9(14)13-4-5-16-7-8(13)10(15)11-2/h8,12H,3-7H2,1-2H3,(H,11,15). The second-order valence-corrected chi connectivity index (χ2v) is 3.57. The molecular formula is C10H19N3O3. The number of hydrogen-bond acceptors (Lipinski definition) is 4. The van der Waals surface area contributed by atoms with Crippen molar-refractivity contribution >= 4 is 11.8 Å². The molecule has 0 aromatic heterocycles. The third-order valence-corrected chi connectivity index (χ3v) is 2.52. The number of morpholine rings is 1. The molecule has 1 aliphatic heterocycles. The molecule has 1 rings (SSSR count). The molecule has 92 valence electrons. The molecular weight excluding hydrogens is 210 g/mol. The molecule has 0 spiro atoms. The lowest BCUT2D eigenvalue weighted by molar-refractivity contribution is -0.147. The van der Waals surface area contributed by atoms with Crippen LogP contribution in [0.5, 0.6) is 0 Å². The van der Waals surface area contributed by atoms with Crippen molar-refractivity contribution < 1.29 is 14.3 Å². The van der Waals surface area contributed by atoms with Crippen molar-refractivity contribution in [3.05, 3.63) is 0 Å². The molecule has 0 aromatic rings. The number of nitrogens with one attached hydrogen (secondary N) is 2. The Kier molecular flexibility index (Phi) is 5.21. The van der Waals surface area contributed by atoms with Crippen LogP contribution in [0.1, 0.15) is 6.92 Å². The summed E-state index contributed by atoms with van der Waals surface area (Å²) in [5.74, 6) is -0.233. The first-order chi connectivity index (χ1) is 7.70. The van der Waals surface area contributed by atoms with Gasteiger partial charge in [0.2, 0.25) is 11.8 Å². The lowest BCUT2D eigenvalue weighted by atomic mass is 10.2. The van der Waals surface area contributed by atoms with Gasteiger partial charge in [0, 0.05) is 13.6 Å². The van der Waals surface area contributed by atoms with Gasteiger partial charge in [0.05, 0.1) is 19.8 Å². The first kappa shape index (κ1) is 12.9. The number of rotatable bonds is 4. The third kappa shape index (κ3) is 3.18. The maximum absolute atomic E-state index is 11.8. The van der Waals surface area contributed by atoms with E-state index in [1.54, 1.807) is 11.9 Å². The Labute approximate surface area is 95.3 Å². The van der Waals surface area contributed by atoms with Crippen LogP contribution in [0.3, 0.4) is 0 Å². The number of likely N-dealkylation sites (N-methyl/N-ethyl adjacent to an activating group) is 2. The minimum absolute atomic E-state index is 0.0567. The molecule has 1 atom stereocenters. The average Bonchev–Trinajstić information content (AvgIpc) is 2.35. The zero-order chi connectivity index (χ0) is 12.0. The Balaban J connectivity index is 2.59. The highest BCUT2D eigenvalue weighted by Gasteiger charge is 2.31. The third-order valence-electron chi connectivity index (χ3n) is 2.52. The molecule has 1 heterocycles. The van der Waals surface area contributed by atoms with Gasteiger partial charge in [0.25, 0.3) is 0 Å². The zero-order valence-corrected chi connectivity index (χ0v) is 9.78. The number of amides is 2. The minimum atomic E-state index is -0.495. The maximum Gasteiger partial charge on any atom is 0.244 e. The summed E-state index contributed by atoms with van der Waals surface area (Å²) < 4.78 is 5.21. The predicted octanol–water partition coefficient (Wildman–Crippen LogP) is -1.43. The molecule has 2 amide bonds. The Hall–Kier alpha value is -1.14. The van der Waals surface area contributed by atoms with Crippen LogP contribution in [0, 0.1) is 0 Å². The molecule has 16 heavy (non-hydrogen) atoms. The lowest BCUT2D eigenvalue weighted by Crippen LogP contribution is -2.57. The summed E-state index contributed by atoms with van der Waals surface area (Å²) in [5.41, 5.74) is 0. The van der Waals surface area contributed by atoms with Crippen molar-refractivity contribution in [2.75, 3.05) is 39.9 Å². The van der Waals surface area contributed by atoms with E-state index in [1.807, 2.05) is 6.92 Å². The van der Waals surface area contributed by atoms with Crippen molar-refractivity contribution in [1.29, 1.82) is 0 Å². The summed E-state index contributed by atoms with van der Waals surface area (Å²) in [6.45, 7) is 4.18. The molecule has 0 bridgehead atoms. The van der Waals surface area contributed by atoms with E-state index in [4.69, 9.17) is 4.74 Å². The SMILES string of the molecule is CCNCC(=O)N1CCOCC1C(=O)NC. The van der Waals surface area contributed by atoms with Crippen LogP contribution in [-0.2, 0) is 14.3 Å². The molecule has 0 saturated carbocycles. The van der Waals surface area contributed by atoms with Crippen molar-refractivity contribution in [3.8, 4) is 0 Å². The van der Waals surface area contributed by atoms with Crippen LogP contribution in [0.4, 0.5) is 0 Å². The first-order valence-corrected chi connectivity index (χ1v) is 5.50. The zero-order valence-electron chi connectivity index (χ0n) is 9.78. The minimum Gasteiger partial charge on any atom is -0.377 e. The van der Waals surface area contributed by atoms with E-state index in [2.05, 4.69) is 10.6 Å². The molecule has 1 fully saturated rings. The fourth-order valence-corrected chi connectivity index (χ4v) is 1.62. The molecule has 0 aliphatic carbocycles. The van der Waals surface area contributed by atoms with E-state index in [9.17, 15) is 9.59 Å². The quantitative estimate of drug-likeness (QED) is 0.620. The van der Waals surface area contributed by atoms with Gasteiger partial charge in [-0.2, -0.15) is 0 Å². The molecule has 1 unspecified atom stereocenters. The van der Waals surface area contributed by atoms with Crippen LogP contribution in [0.15, 0.2) is 0 Å². The van der Waals surface area contributed by atoms with Crippen molar-refractivity contribution in [1.82, 2.24) is 15.5 Å². The van der Waals surface area contributed by atoms with Crippen molar-refractivity contribution in [2.45, 2.75) is 13.0 Å². The first-order valence-electron chi connectivity index (χ1n) is 5.50. The van der Waals surface area contributed by atoms with Crippen LogP contribution in [0.2, 0.25) is 0 Å². The van der Waals surface area contributed by atoms with Gasteiger partial charge >= 0.3 is 0 Å². The Morgan fingerprint density at radius 3 is 2.88 bits per heavy atom. The predicted molar refractivity (Wildman–Crippen MR) is 58.9 cm³/mol.